The van der Waals surface area contributed by atoms with Crippen LogP contribution in [0.25, 0.3) is 0 Å². The van der Waals surface area contributed by atoms with Crippen LogP contribution in [0.5, 0.6) is 0 Å². The topological polar surface area (TPSA) is 241 Å². The van der Waals surface area contributed by atoms with E-state index in [1.165, 1.54) is 0 Å². The fourth-order valence-corrected chi connectivity index (χ4v) is 2.59. The molecule has 31 heavy (non-hydrogen) atoms. The van der Waals surface area contributed by atoms with Crippen molar-refractivity contribution in [3.8, 4) is 0 Å². The number of aliphatic carboxylic acids is 1. The Morgan fingerprint density at radius 2 is 1.61 bits per heavy atom. The van der Waals surface area contributed by atoms with Gasteiger partial charge in [0, 0.05) is 12.3 Å². The van der Waals surface area contributed by atoms with E-state index in [4.69, 9.17) is 22.9 Å². The van der Waals surface area contributed by atoms with Crippen LogP contribution < -0.4 is 38.9 Å². The molecule has 12 N–H and O–H groups in total. The second-order valence-electron chi connectivity index (χ2n) is 6.76. The molecule has 13 nitrogen and oxygen atoms in total. The molecule has 0 saturated heterocycles. The van der Waals surface area contributed by atoms with Gasteiger partial charge in [0.2, 0.25) is 17.7 Å². The van der Waals surface area contributed by atoms with Gasteiger partial charge in [0.25, 0.3) is 0 Å². The summed E-state index contributed by atoms with van der Waals surface area (Å²) in [5.41, 5.74) is 21.5. The molecule has 3 unspecified atom stereocenters. The fraction of sp³-hybridized carbons (Fsp3) is 0.706. The van der Waals surface area contributed by atoms with Gasteiger partial charge in [-0.05, 0) is 38.6 Å². The first kappa shape index (κ1) is 28.4. The zero-order valence-corrected chi connectivity index (χ0v) is 18.3. The van der Waals surface area contributed by atoms with Crippen molar-refractivity contribution in [2.24, 2.45) is 27.9 Å². The van der Waals surface area contributed by atoms with Gasteiger partial charge < -0.3 is 44.0 Å². The molecule has 0 bridgehead atoms. The Balaban J connectivity index is 4.82. The van der Waals surface area contributed by atoms with E-state index < -0.39 is 48.4 Å². The van der Waals surface area contributed by atoms with E-state index in [-0.39, 0.29) is 31.1 Å². The van der Waals surface area contributed by atoms with Crippen molar-refractivity contribution in [1.29, 1.82) is 0 Å². The number of aliphatic imine (C=N–C) groups is 1. The van der Waals surface area contributed by atoms with Crippen molar-refractivity contribution >= 4 is 42.3 Å². The maximum atomic E-state index is 12.5. The molecule has 0 radical (unpaired) electrons. The number of carboxylic acids is 1. The first-order valence-corrected chi connectivity index (χ1v) is 10.5. The summed E-state index contributed by atoms with van der Waals surface area (Å²) in [6.07, 6.45) is 1.95. The van der Waals surface area contributed by atoms with Crippen LogP contribution in [0.3, 0.4) is 0 Å². The average Bonchev–Trinajstić information content (AvgIpc) is 2.72. The highest BCUT2D eigenvalue weighted by Gasteiger charge is 2.24. The number of carbonyl (C=O) groups is 4. The van der Waals surface area contributed by atoms with E-state index in [1.807, 2.05) is 0 Å². The second-order valence-corrected chi connectivity index (χ2v) is 7.12. The molecule has 0 aromatic rings. The number of amides is 3. The predicted molar refractivity (Wildman–Crippen MR) is 119 cm³/mol. The SMILES string of the molecule is NCCCCC(NC(=O)CNC(=O)C(CCCN=C(N)N)NC(=O)C(N)CS)C(=O)O. The number of carboxylic acid groups (broad SMARTS) is 1. The van der Waals surface area contributed by atoms with Gasteiger partial charge in [-0.15, -0.1) is 0 Å². The van der Waals surface area contributed by atoms with Crippen LogP contribution >= 0.6 is 12.6 Å². The summed E-state index contributed by atoms with van der Waals surface area (Å²) in [7, 11) is 0. The number of nitrogens with two attached hydrogens (primary N) is 4. The molecule has 0 saturated carbocycles. The highest BCUT2D eigenvalue weighted by atomic mass is 32.1. The third-order valence-electron chi connectivity index (χ3n) is 4.12. The normalized spacial score (nSPS) is 13.4. The zero-order chi connectivity index (χ0) is 23.8. The maximum Gasteiger partial charge on any atom is 0.326 e. The smallest absolute Gasteiger partial charge is 0.326 e. The number of nitrogens with zero attached hydrogens (tertiary/aromatic N) is 1. The molecule has 0 aliphatic rings. The van der Waals surface area contributed by atoms with Crippen molar-refractivity contribution in [2.45, 2.75) is 50.2 Å². The lowest BCUT2D eigenvalue weighted by molar-refractivity contribution is -0.142. The van der Waals surface area contributed by atoms with Crippen molar-refractivity contribution < 1.29 is 24.3 Å². The molecule has 178 valence electrons. The van der Waals surface area contributed by atoms with Gasteiger partial charge >= 0.3 is 5.97 Å². The molecule has 3 amide bonds. The fourth-order valence-electron chi connectivity index (χ4n) is 2.42. The molecule has 0 heterocycles. The Bertz CT molecular complexity index is 630. The Labute approximate surface area is 186 Å². The average molecular weight is 463 g/mol. The Hall–Kier alpha value is -2.58. The summed E-state index contributed by atoms with van der Waals surface area (Å²) < 4.78 is 0. The molecule has 0 fully saturated rings. The van der Waals surface area contributed by atoms with Crippen LogP contribution in [0, 0.1) is 0 Å². The standard InChI is InChI=1S/C17H34N8O5S/c18-6-2-1-4-12(16(29)30)24-13(26)8-23-15(28)11(5-3-7-22-17(20)21)25-14(27)10(19)9-31/h10-12,31H,1-9,18-19H2,(H,23,28)(H,24,26)(H,25,27)(H,29,30)(H4,20,21,22). The number of rotatable bonds is 16. The van der Waals surface area contributed by atoms with Crippen LogP contribution in [-0.2, 0) is 19.2 Å². The molecular formula is C17H34N8O5S. The lowest BCUT2D eigenvalue weighted by atomic mass is 10.1. The molecule has 0 aliphatic carbocycles. The molecule has 0 spiro atoms. The van der Waals surface area contributed by atoms with Gasteiger partial charge in [0.1, 0.15) is 12.1 Å². The minimum absolute atomic E-state index is 0.0807. The van der Waals surface area contributed by atoms with Gasteiger partial charge in [-0.2, -0.15) is 12.6 Å². The van der Waals surface area contributed by atoms with E-state index in [0.717, 1.165) is 0 Å². The van der Waals surface area contributed by atoms with Gasteiger partial charge in [0.05, 0.1) is 12.6 Å². The molecule has 0 aromatic carbocycles. The Kier molecular flexibility index (Phi) is 14.8. The number of hydrogen-bond donors (Lipinski definition) is 9. The second kappa shape index (κ2) is 16.2. The molecule has 14 heteroatoms. The molecular weight excluding hydrogens is 428 g/mol. The van der Waals surface area contributed by atoms with Crippen LogP contribution in [0.2, 0.25) is 0 Å². The third-order valence-corrected chi connectivity index (χ3v) is 4.51. The third kappa shape index (κ3) is 13.4. The van der Waals surface area contributed by atoms with E-state index in [0.29, 0.717) is 25.8 Å². The number of unbranched alkanes of at least 4 members (excludes halogenated alkanes) is 1. The first-order chi connectivity index (χ1) is 14.6. The summed E-state index contributed by atoms with van der Waals surface area (Å²) >= 11 is 3.94. The summed E-state index contributed by atoms with van der Waals surface area (Å²) in [5.74, 6) is -3.08. The minimum Gasteiger partial charge on any atom is -0.480 e. The van der Waals surface area contributed by atoms with E-state index >= 15 is 0 Å². The van der Waals surface area contributed by atoms with Crippen molar-refractivity contribution in [3.63, 3.8) is 0 Å². The minimum atomic E-state index is -1.18. The quantitative estimate of drug-likeness (QED) is 0.0479. The van der Waals surface area contributed by atoms with E-state index in [1.54, 1.807) is 0 Å². The van der Waals surface area contributed by atoms with Crippen molar-refractivity contribution in [2.75, 3.05) is 25.4 Å². The van der Waals surface area contributed by atoms with Crippen LogP contribution in [-0.4, -0.2) is 78.3 Å². The number of carbonyl (C=O) groups excluding carboxylic acids is 3. The van der Waals surface area contributed by atoms with Gasteiger partial charge in [0.15, 0.2) is 5.96 Å². The van der Waals surface area contributed by atoms with E-state index in [2.05, 4.69) is 33.6 Å². The number of thiol groups is 1. The predicted octanol–water partition coefficient (Wildman–Crippen LogP) is -3.40. The molecule has 0 aliphatic heterocycles. The van der Waals surface area contributed by atoms with E-state index in [9.17, 15) is 24.3 Å². The van der Waals surface area contributed by atoms with Gasteiger partial charge in [-0.1, -0.05) is 0 Å². The number of nitrogens with one attached hydrogen (secondary N) is 3. The van der Waals surface area contributed by atoms with Crippen LogP contribution in [0.4, 0.5) is 0 Å². The molecule has 3 atom stereocenters. The maximum absolute atomic E-state index is 12.5. The summed E-state index contributed by atoms with van der Waals surface area (Å²) in [6.45, 7) is 0.200. The monoisotopic (exact) mass is 462 g/mol. The van der Waals surface area contributed by atoms with Crippen molar-refractivity contribution in [3.05, 3.63) is 0 Å². The highest BCUT2D eigenvalue weighted by Crippen LogP contribution is 2.02. The molecule has 0 rings (SSSR count). The zero-order valence-electron chi connectivity index (χ0n) is 17.4. The lowest BCUT2D eigenvalue weighted by Crippen LogP contribution is -2.53. The Morgan fingerprint density at radius 1 is 0.968 bits per heavy atom. The van der Waals surface area contributed by atoms with Crippen molar-refractivity contribution in [1.82, 2.24) is 16.0 Å². The largest absolute Gasteiger partial charge is 0.480 e. The van der Waals surface area contributed by atoms with Gasteiger partial charge in [-0.3, -0.25) is 19.4 Å². The number of guanidine groups is 1. The Morgan fingerprint density at radius 3 is 2.16 bits per heavy atom. The molecule has 0 aromatic heterocycles. The summed E-state index contributed by atoms with van der Waals surface area (Å²) in [4.78, 5) is 51.6. The van der Waals surface area contributed by atoms with Crippen LogP contribution in [0.1, 0.15) is 32.1 Å². The summed E-state index contributed by atoms with van der Waals surface area (Å²) in [5, 5.41) is 16.4. The van der Waals surface area contributed by atoms with Crippen LogP contribution in [0.15, 0.2) is 4.99 Å². The van der Waals surface area contributed by atoms with Gasteiger partial charge in [-0.25, -0.2) is 4.79 Å². The summed E-state index contributed by atoms with van der Waals surface area (Å²) in [6, 6.07) is -2.98. The first-order valence-electron chi connectivity index (χ1n) is 9.84. The number of hydrogen-bond acceptors (Lipinski definition) is 8. The lowest BCUT2D eigenvalue weighted by Gasteiger charge is -2.20. The highest BCUT2D eigenvalue weighted by molar-refractivity contribution is 7.80.